The third kappa shape index (κ3) is 3.30. The molecule has 1 aliphatic carbocycles. The van der Waals surface area contributed by atoms with E-state index in [4.69, 9.17) is 5.73 Å². The normalized spacial score (nSPS) is 19.6. The van der Waals surface area contributed by atoms with E-state index in [9.17, 15) is 0 Å². The number of rotatable bonds is 6. The second kappa shape index (κ2) is 5.51. The maximum atomic E-state index is 6.32. The highest BCUT2D eigenvalue weighted by molar-refractivity contribution is 7.12. The van der Waals surface area contributed by atoms with E-state index < -0.39 is 0 Å². The van der Waals surface area contributed by atoms with Crippen molar-refractivity contribution >= 4 is 11.3 Å². The first-order chi connectivity index (χ1) is 8.11. The maximum Gasteiger partial charge on any atom is 0.0591 e. The molecule has 1 heterocycles. The van der Waals surface area contributed by atoms with E-state index in [2.05, 4.69) is 37.9 Å². The third-order valence-electron chi connectivity index (χ3n) is 3.65. The molecule has 0 aliphatic heterocycles. The van der Waals surface area contributed by atoms with Gasteiger partial charge in [0.05, 0.1) is 6.04 Å². The highest BCUT2D eigenvalue weighted by atomic mass is 32.1. The summed E-state index contributed by atoms with van der Waals surface area (Å²) in [5, 5.41) is 0. The molecule has 1 saturated carbocycles. The molecule has 0 aromatic carbocycles. The van der Waals surface area contributed by atoms with E-state index in [0.29, 0.717) is 6.04 Å². The molecule has 1 fully saturated rings. The highest BCUT2D eigenvalue weighted by Gasteiger charge is 2.29. The quantitative estimate of drug-likeness (QED) is 0.842. The van der Waals surface area contributed by atoms with Gasteiger partial charge in [0.25, 0.3) is 0 Å². The van der Waals surface area contributed by atoms with Gasteiger partial charge >= 0.3 is 0 Å². The first-order valence-electron chi connectivity index (χ1n) is 6.64. The minimum atomic E-state index is 0.247. The van der Waals surface area contributed by atoms with Crippen LogP contribution in [-0.2, 0) is 0 Å². The number of aryl methyl sites for hydroxylation is 1. The van der Waals surface area contributed by atoms with Gasteiger partial charge in [-0.15, -0.1) is 11.3 Å². The lowest BCUT2D eigenvalue weighted by Crippen LogP contribution is -2.39. The minimum absolute atomic E-state index is 0.247. The van der Waals surface area contributed by atoms with Crippen molar-refractivity contribution in [3.63, 3.8) is 0 Å². The van der Waals surface area contributed by atoms with Crippen LogP contribution in [0.15, 0.2) is 12.1 Å². The number of hydrogen-bond donors (Lipinski definition) is 1. The van der Waals surface area contributed by atoms with Crippen LogP contribution in [0, 0.1) is 12.8 Å². The van der Waals surface area contributed by atoms with Crippen LogP contribution in [0.25, 0.3) is 0 Å². The summed E-state index contributed by atoms with van der Waals surface area (Å²) in [5.74, 6) is 0.924. The molecule has 1 aliphatic rings. The average molecular weight is 252 g/mol. The molecular weight excluding hydrogens is 228 g/mol. The molecule has 2 unspecified atom stereocenters. The first-order valence-corrected chi connectivity index (χ1v) is 7.45. The van der Waals surface area contributed by atoms with Crippen molar-refractivity contribution < 1.29 is 0 Å². The van der Waals surface area contributed by atoms with Gasteiger partial charge in [0.1, 0.15) is 0 Å². The standard InChI is InChI=1S/C14H24N2S/c1-4-12(15)14(13-8-5-10(2)17-13)16(3)9-11-6-7-11/h5,8,11-12,14H,4,6-7,9,15H2,1-3H3. The summed E-state index contributed by atoms with van der Waals surface area (Å²) in [6, 6.07) is 5.11. The Hall–Kier alpha value is -0.380. The zero-order chi connectivity index (χ0) is 12.4. The second-order valence-corrected chi connectivity index (χ2v) is 6.67. The van der Waals surface area contributed by atoms with Gasteiger partial charge in [-0.3, -0.25) is 4.90 Å². The molecule has 0 bridgehead atoms. The number of hydrogen-bond acceptors (Lipinski definition) is 3. The van der Waals surface area contributed by atoms with Gasteiger partial charge in [-0.2, -0.15) is 0 Å². The minimum Gasteiger partial charge on any atom is -0.326 e. The highest BCUT2D eigenvalue weighted by Crippen LogP contribution is 2.35. The number of thiophene rings is 1. The Morgan fingerprint density at radius 2 is 2.18 bits per heavy atom. The van der Waals surface area contributed by atoms with Gasteiger partial charge in [0.2, 0.25) is 0 Å². The third-order valence-corrected chi connectivity index (χ3v) is 4.72. The van der Waals surface area contributed by atoms with Gasteiger partial charge in [0, 0.05) is 22.3 Å². The van der Waals surface area contributed by atoms with Crippen LogP contribution in [0.3, 0.4) is 0 Å². The molecular formula is C14H24N2S. The number of nitrogens with zero attached hydrogens (tertiary/aromatic N) is 1. The summed E-state index contributed by atoms with van der Waals surface area (Å²) in [4.78, 5) is 5.28. The fourth-order valence-corrected chi connectivity index (χ4v) is 3.53. The molecule has 3 heteroatoms. The Bertz CT molecular complexity index is 357. The fourth-order valence-electron chi connectivity index (χ4n) is 2.41. The zero-order valence-corrected chi connectivity index (χ0v) is 12.0. The lowest BCUT2D eigenvalue weighted by Gasteiger charge is -2.31. The second-order valence-electron chi connectivity index (χ2n) is 5.35. The van der Waals surface area contributed by atoms with Crippen LogP contribution in [0.4, 0.5) is 0 Å². The Morgan fingerprint density at radius 3 is 2.65 bits per heavy atom. The molecule has 2 rings (SSSR count). The van der Waals surface area contributed by atoms with Crippen molar-refractivity contribution in [1.29, 1.82) is 0 Å². The zero-order valence-electron chi connectivity index (χ0n) is 11.1. The van der Waals surface area contributed by atoms with Crippen LogP contribution >= 0.6 is 11.3 Å². The first kappa shape index (κ1) is 13.1. The predicted octanol–water partition coefficient (Wildman–Crippen LogP) is 3.18. The summed E-state index contributed by atoms with van der Waals surface area (Å²) in [5.41, 5.74) is 6.32. The molecule has 2 N–H and O–H groups in total. The van der Waals surface area contributed by atoms with Crippen molar-refractivity contribution in [2.45, 2.75) is 45.2 Å². The van der Waals surface area contributed by atoms with Gasteiger partial charge < -0.3 is 5.73 Å². The Labute approximate surface area is 109 Å². The number of nitrogens with two attached hydrogens (primary N) is 1. The van der Waals surface area contributed by atoms with Crippen LogP contribution in [0.5, 0.6) is 0 Å². The van der Waals surface area contributed by atoms with Gasteiger partial charge in [-0.25, -0.2) is 0 Å². The summed E-state index contributed by atoms with van der Waals surface area (Å²) in [6.45, 7) is 5.56. The molecule has 1 aromatic rings. The SMILES string of the molecule is CCC(N)C(c1ccc(C)s1)N(C)CC1CC1. The van der Waals surface area contributed by atoms with E-state index >= 15 is 0 Å². The molecule has 0 saturated heterocycles. The Balaban J connectivity index is 2.11. The monoisotopic (exact) mass is 252 g/mol. The van der Waals surface area contributed by atoms with Crippen molar-refractivity contribution in [3.8, 4) is 0 Å². The van der Waals surface area contributed by atoms with Gasteiger partial charge in [0.15, 0.2) is 0 Å². The lowest BCUT2D eigenvalue weighted by molar-refractivity contribution is 0.205. The van der Waals surface area contributed by atoms with E-state index in [1.165, 1.54) is 29.1 Å². The summed E-state index contributed by atoms with van der Waals surface area (Å²) < 4.78 is 0. The molecule has 2 atom stereocenters. The van der Waals surface area contributed by atoms with E-state index in [1.54, 1.807) is 0 Å². The maximum absolute atomic E-state index is 6.32. The van der Waals surface area contributed by atoms with Gasteiger partial charge in [-0.05, 0) is 51.3 Å². The lowest BCUT2D eigenvalue weighted by atomic mass is 10.0. The van der Waals surface area contributed by atoms with E-state index in [0.717, 1.165) is 12.3 Å². The Morgan fingerprint density at radius 1 is 1.47 bits per heavy atom. The largest absolute Gasteiger partial charge is 0.326 e. The molecule has 2 nitrogen and oxygen atoms in total. The molecule has 0 amide bonds. The van der Waals surface area contributed by atoms with Crippen LogP contribution in [0.1, 0.15) is 42.0 Å². The predicted molar refractivity (Wildman–Crippen MR) is 75.4 cm³/mol. The summed E-state index contributed by atoms with van der Waals surface area (Å²) in [6.07, 6.45) is 3.85. The fraction of sp³-hybridized carbons (Fsp3) is 0.714. The Kier molecular flexibility index (Phi) is 4.23. The van der Waals surface area contributed by atoms with Crippen molar-refractivity contribution in [2.24, 2.45) is 11.7 Å². The van der Waals surface area contributed by atoms with Crippen molar-refractivity contribution in [2.75, 3.05) is 13.6 Å². The molecule has 0 spiro atoms. The van der Waals surface area contributed by atoms with Crippen molar-refractivity contribution in [1.82, 2.24) is 4.90 Å². The molecule has 0 radical (unpaired) electrons. The van der Waals surface area contributed by atoms with Crippen LogP contribution in [-0.4, -0.2) is 24.5 Å². The van der Waals surface area contributed by atoms with Crippen molar-refractivity contribution in [3.05, 3.63) is 21.9 Å². The molecule has 17 heavy (non-hydrogen) atoms. The topological polar surface area (TPSA) is 29.3 Å². The number of likely N-dealkylation sites (N-methyl/N-ethyl adjacent to an activating group) is 1. The molecule has 1 aromatic heterocycles. The van der Waals surface area contributed by atoms with Crippen LogP contribution in [0.2, 0.25) is 0 Å². The average Bonchev–Trinajstić information content (AvgIpc) is 3.00. The van der Waals surface area contributed by atoms with Crippen LogP contribution < -0.4 is 5.73 Å². The van der Waals surface area contributed by atoms with E-state index in [1.807, 2.05) is 11.3 Å². The smallest absolute Gasteiger partial charge is 0.0591 e. The summed E-state index contributed by atoms with van der Waals surface area (Å²) in [7, 11) is 2.23. The van der Waals surface area contributed by atoms with Gasteiger partial charge in [-0.1, -0.05) is 6.92 Å². The molecule has 96 valence electrons. The van der Waals surface area contributed by atoms with E-state index in [-0.39, 0.29) is 6.04 Å². The summed E-state index contributed by atoms with van der Waals surface area (Å²) >= 11 is 1.89.